The number of nitrogens with zero attached hydrogens (tertiary/aromatic N) is 4. The van der Waals surface area contributed by atoms with E-state index in [4.69, 9.17) is 26.8 Å². The molecule has 4 aromatic rings. The van der Waals surface area contributed by atoms with E-state index in [-0.39, 0.29) is 11.6 Å². The number of nitrogen functional groups attached to an aromatic ring is 1. The van der Waals surface area contributed by atoms with Gasteiger partial charge >= 0.3 is 0 Å². The number of anilines is 1. The molecule has 2 aromatic heterocycles. The Hall–Kier alpha value is -2.82. The van der Waals surface area contributed by atoms with Crippen molar-refractivity contribution in [1.82, 2.24) is 19.5 Å². The van der Waals surface area contributed by atoms with Crippen molar-refractivity contribution in [3.05, 3.63) is 86.6 Å². The molecule has 2 N–H and O–H groups in total. The van der Waals surface area contributed by atoms with Crippen molar-refractivity contribution in [2.75, 3.05) is 5.73 Å². The van der Waals surface area contributed by atoms with Crippen LogP contribution in [0.1, 0.15) is 17.4 Å². The quantitative estimate of drug-likeness (QED) is 0.324. The second kappa shape index (κ2) is 9.20. The molecule has 1 aliphatic rings. The van der Waals surface area contributed by atoms with E-state index < -0.39 is 6.29 Å². The lowest BCUT2D eigenvalue weighted by Gasteiger charge is -2.13. The molecule has 5 rings (SSSR count). The van der Waals surface area contributed by atoms with Gasteiger partial charge in [-0.05, 0) is 36.4 Å². The van der Waals surface area contributed by atoms with Crippen molar-refractivity contribution in [2.45, 2.75) is 24.4 Å². The summed E-state index contributed by atoms with van der Waals surface area (Å²) in [5, 5.41) is 1.45. The number of fused-ring (bicyclic) bond motifs is 1. The molecule has 3 heterocycles. The second-order valence-corrected chi connectivity index (χ2v) is 9.31. The molecule has 168 valence electrons. The van der Waals surface area contributed by atoms with Crippen LogP contribution in [0.3, 0.4) is 0 Å². The number of hydrogen-bond donors (Lipinski definition) is 1. The maximum absolute atomic E-state index is 14.3. The van der Waals surface area contributed by atoms with Gasteiger partial charge in [-0.3, -0.25) is 0 Å². The van der Waals surface area contributed by atoms with Crippen LogP contribution in [-0.2, 0) is 22.4 Å². The van der Waals surface area contributed by atoms with Gasteiger partial charge in [0, 0.05) is 27.2 Å². The molecule has 1 aliphatic heterocycles. The van der Waals surface area contributed by atoms with E-state index in [1.54, 1.807) is 18.4 Å². The highest BCUT2D eigenvalue weighted by Gasteiger charge is 2.26. The maximum Gasteiger partial charge on any atom is 0.268 e. The Morgan fingerprint density at radius 1 is 1.18 bits per heavy atom. The number of aromatic nitrogens is 4. The topological polar surface area (TPSA) is 88.1 Å². The molecule has 0 radical (unpaired) electrons. The Balaban J connectivity index is 1.42. The van der Waals surface area contributed by atoms with Crippen LogP contribution >= 0.6 is 39.3 Å². The summed E-state index contributed by atoms with van der Waals surface area (Å²) < 4.78 is 28.7. The summed E-state index contributed by atoms with van der Waals surface area (Å²) in [6, 6.07) is 12.3. The Morgan fingerprint density at radius 3 is 2.85 bits per heavy atom. The van der Waals surface area contributed by atoms with Gasteiger partial charge in [-0.1, -0.05) is 51.8 Å². The summed E-state index contributed by atoms with van der Waals surface area (Å²) in [7, 11) is 0. The van der Waals surface area contributed by atoms with Crippen LogP contribution in [0, 0.1) is 5.82 Å². The van der Waals surface area contributed by atoms with Gasteiger partial charge in [-0.2, -0.15) is 0 Å². The minimum Gasteiger partial charge on any atom is -0.454 e. The van der Waals surface area contributed by atoms with Crippen molar-refractivity contribution in [3.63, 3.8) is 0 Å². The first kappa shape index (κ1) is 22.0. The van der Waals surface area contributed by atoms with Gasteiger partial charge in [0.2, 0.25) is 5.09 Å². The van der Waals surface area contributed by atoms with Gasteiger partial charge in [0.05, 0.1) is 0 Å². The van der Waals surface area contributed by atoms with Gasteiger partial charge in [0.25, 0.3) is 6.29 Å². The van der Waals surface area contributed by atoms with Crippen LogP contribution in [0.15, 0.2) is 69.8 Å². The van der Waals surface area contributed by atoms with Crippen LogP contribution < -0.4 is 5.73 Å². The third kappa shape index (κ3) is 4.38. The third-order valence-corrected chi connectivity index (χ3v) is 7.00. The Morgan fingerprint density at radius 2 is 2.03 bits per heavy atom. The monoisotopic (exact) mass is 547 g/mol. The lowest BCUT2D eigenvalue weighted by atomic mass is 10.1. The summed E-state index contributed by atoms with van der Waals surface area (Å²) in [6.07, 6.45) is 2.67. The molecule has 0 saturated carbocycles. The SMILES string of the molecule is Nc1ncnc2c1nc(SC1=COC(c3ccccc3Br)O1)n2CCc1c(F)cccc1Cl. The molecule has 2 aromatic carbocycles. The van der Waals surface area contributed by atoms with Gasteiger partial charge in [0.1, 0.15) is 18.4 Å². The summed E-state index contributed by atoms with van der Waals surface area (Å²) in [4.78, 5) is 13.0. The highest BCUT2D eigenvalue weighted by Crippen LogP contribution is 2.40. The largest absolute Gasteiger partial charge is 0.454 e. The van der Waals surface area contributed by atoms with Gasteiger partial charge in [-0.15, -0.1) is 0 Å². The lowest BCUT2D eigenvalue weighted by molar-refractivity contribution is -0.0278. The third-order valence-electron chi connectivity index (χ3n) is 5.03. The molecule has 0 bridgehead atoms. The molecule has 1 atom stereocenters. The number of thioether (sulfide) groups is 1. The van der Waals surface area contributed by atoms with Crippen LogP contribution in [0.5, 0.6) is 0 Å². The van der Waals surface area contributed by atoms with E-state index in [9.17, 15) is 4.39 Å². The summed E-state index contributed by atoms with van der Waals surface area (Å²) in [6.45, 7) is 0.373. The zero-order valence-corrected chi connectivity index (χ0v) is 20.1. The van der Waals surface area contributed by atoms with E-state index in [1.165, 1.54) is 24.2 Å². The highest BCUT2D eigenvalue weighted by atomic mass is 79.9. The molecule has 0 fully saturated rings. The summed E-state index contributed by atoms with van der Waals surface area (Å²) >= 11 is 11.0. The number of aryl methyl sites for hydroxylation is 1. The summed E-state index contributed by atoms with van der Waals surface area (Å²) in [5.41, 5.74) is 8.31. The lowest BCUT2D eigenvalue weighted by Crippen LogP contribution is -2.06. The smallest absolute Gasteiger partial charge is 0.268 e. The predicted octanol–water partition coefficient (Wildman–Crippen LogP) is 5.84. The molecule has 11 heteroatoms. The van der Waals surface area contributed by atoms with E-state index >= 15 is 0 Å². The number of imidazole rings is 1. The molecule has 0 spiro atoms. The second-order valence-electron chi connectivity index (χ2n) is 7.07. The molecule has 33 heavy (non-hydrogen) atoms. The summed E-state index contributed by atoms with van der Waals surface area (Å²) in [5.74, 6) is -0.102. The van der Waals surface area contributed by atoms with Crippen molar-refractivity contribution >= 4 is 56.3 Å². The molecule has 0 amide bonds. The average Bonchev–Trinajstić information content (AvgIpc) is 3.40. The zero-order valence-electron chi connectivity index (χ0n) is 16.9. The average molecular weight is 549 g/mol. The number of rotatable bonds is 6. The van der Waals surface area contributed by atoms with E-state index in [2.05, 4.69) is 30.9 Å². The van der Waals surface area contributed by atoms with Crippen molar-refractivity contribution < 1.29 is 13.9 Å². The minimum atomic E-state index is -0.581. The number of halogens is 3. The fourth-order valence-corrected chi connectivity index (χ4v) is 5.00. The van der Waals surface area contributed by atoms with Crippen LogP contribution in [-0.4, -0.2) is 19.5 Å². The molecule has 1 unspecified atom stereocenters. The van der Waals surface area contributed by atoms with Crippen molar-refractivity contribution in [2.24, 2.45) is 0 Å². The van der Waals surface area contributed by atoms with Crippen molar-refractivity contribution in [3.8, 4) is 0 Å². The van der Waals surface area contributed by atoms with Crippen molar-refractivity contribution in [1.29, 1.82) is 0 Å². The highest BCUT2D eigenvalue weighted by molar-refractivity contribution is 9.10. The van der Waals surface area contributed by atoms with Gasteiger partial charge in [-0.25, -0.2) is 19.3 Å². The van der Waals surface area contributed by atoms with Gasteiger partial charge < -0.3 is 19.8 Å². The standard InChI is InChI=1S/C22H16BrClFN5O2S/c23-14-5-2-1-4-12(14)21-31-10-17(32-21)33-22-29-18-19(26)27-11-28-20(18)30(22)9-8-13-15(24)6-3-7-16(13)25/h1-7,10-11,21H,8-9H2,(H2,26,27,28). The van der Waals surface area contributed by atoms with E-state index in [0.717, 1.165) is 10.0 Å². The number of benzene rings is 2. The number of nitrogens with two attached hydrogens (primary N) is 1. The van der Waals surface area contributed by atoms with E-state index in [0.29, 0.717) is 45.0 Å². The van der Waals surface area contributed by atoms with Crippen LogP contribution in [0.2, 0.25) is 5.02 Å². The zero-order chi connectivity index (χ0) is 22.9. The first-order valence-electron chi connectivity index (χ1n) is 9.85. The minimum absolute atomic E-state index is 0.258. The molecule has 0 aliphatic carbocycles. The first-order chi connectivity index (χ1) is 16.0. The normalized spacial score (nSPS) is 15.4. The maximum atomic E-state index is 14.3. The Bertz CT molecular complexity index is 1360. The molecule has 7 nitrogen and oxygen atoms in total. The van der Waals surface area contributed by atoms with Gasteiger partial charge in [0.15, 0.2) is 22.1 Å². The molecular formula is C22H16BrClFN5O2S. The van der Waals surface area contributed by atoms with Crippen LogP contribution in [0.25, 0.3) is 11.2 Å². The number of ether oxygens (including phenoxy) is 2. The fraction of sp³-hybridized carbons (Fsp3) is 0.136. The fourth-order valence-electron chi connectivity index (χ4n) is 3.43. The first-order valence-corrected chi connectivity index (χ1v) is 11.8. The Labute approximate surface area is 205 Å². The number of hydrogen-bond acceptors (Lipinski definition) is 7. The molecular weight excluding hydrogens is 533 g/mol. The Kier molecular flexibility index (Phi) is 6.13. The van der Waals surface area contributed by atoms with Crippen LogP contribution in [0.4, 0.5) is 10.2 Å². The van der Waals surface area contributed by atoms with E-state index in [1.807, 2.05) is 28.8 Å². The molecule has 0 saturated heterocycles. The predicted molar refractivity (Wildman–Crippen MR) is 128 cm³/mol.